The summed E-state index contributed by atoms with van der Waals surface area (Å²) in [6.07, 6.45) is -0.831. The monoisotopic (exact) mass is 1870 g/mol. The molecular weight excluding hydrogens is 1790 g/mol. The Morgan fingerprint density at radius 1 is 0.316 bits per heavy atom. The number of alkyl halides is 12. The third kappa shape index (κ3) is 22.7. The maximum atomic E-state index is 13.3. The number of aromatic carboxylic acids is 2. The Morgan fingerprint density at radius 2 is 0.559 bits per heavy atom. The lowest BCUT2D eigenvalue weighted by atomic mass is 10.1. The normalized spacial score (nSPS) is 14.0. The van der Waals surface area contributed by atoms with E-state index in [-0.39, 0.29) is 57.7 Å². The zero-order chi connectivity index (χ0) is 95.8. The van der Waals surface area contributed by atoms with E-state index in [2.05, 4.69) is 81.7 Å². The molecule has 0 bridgehead atoms. The Bertz CT molecular complexity index is 6930. The Morgan fingerprint density at radius 3 is 0.787 bits per heavy atom. The lowest BCUT2D eigenvalue weighted by molar-refractivity contribution is -0.138. The number of nitrogens with zero attached hydrogens (tertiary/aromatic N) is 12. The first-order valence-electron chi connectivity index (χ1n) is 43.4. The average Bonchev–Trinajstić information content (AvgIpc) is 1.58. The number of carboxylic acids is 2. The molecule has 136 heavy (non-hydrogen) atoms. The molecule has 38 heteroatoms. The quantitative estimate of drug-likeness (QED) is 0.0231. The first-order chi connectivity index (χ1) is 64.9. The smallest absolute Gasteiger partial charge is 0.416 e. The Kier molecular flexibility index (Phi) is 25.8. The second kappa shape index (κ2) is 37.9. The van der Waals surface area contributed by atoms with E-state index in [1.165, 1.54) is 60.7 Å². The minimum Gasteiger partial charge on any atom is -0.478 e. The highest BCUT2D eigenvalue weighted by Crippen LogP contribution is 2.44. The Balaban J connectivity index is 0.000000126. The summed E-state index contributed by atoms with van der Waals surface area (Å²) in [5.74, 6) is 3.78. The highest BCUT2D eigenvalue weighted by atomic mass is 19.4. The summed E-state index contributed by atoms with van der Waals surface area (Å²) in [4.78, 5) is 102. The van der Waals surface area contributed by atoms with Crippen LogP contribution >= 0.6 is 0 Å². The number of hydrogen-bond donors (Lipinski definition) is 8. The fraction of sp³-hybridized carbons (Fsp3) is 0.265. The lowest BCUT2D eigenvalue weighted by Crippen LogP contribution is -2.17. The van der Waals surface area contributed by atoms with Crippen molar-refractivity contribution in [2.75, 3.05) is 31.9 Å². The van der Waals surface area contributed by atoms with Gasteiger partial charge in [0, 0.05) is 128 Å². The molecule has 16 aromatic rings. The highest BCUT2D eigenvalue weighted by Gasteiger charge is 2.36. The van der Waals surface area contributed by atoms with E-state index in [1.807, 2.05) is 0 Å². The van der Waals surface area contributed by atoms with Gasteiger partial charge in [0.15, 0.2) is 23.3 Å². The molecule has 26 nitrogen and oxygen atoms in total. The van der Waals surface area contributed by atoms with Gasteiger partial charge in [-0.2, -0.15) is 52.7 Å². The molecule has 0 saturated heterocycles. The fourth-order valence-corrected chi connectivity index (χ4v) is 15.1. The van der Waals surface area contributed by atoms with Crippen LogP contribution in [0, 0.1) is 23.7 Å². The van der Waals surface area contributed by atoms with Crippen LogP contribution in [-0.4, -0.2) is 106 Å². The third-order valence-corrected chi connectivity index (χ3v) is 22.5. The maximum absolute atomic E-state index is 13.3. The zero-order valence-corrected chi connectivity index (χ0v) is 72.7. The number of anilines is 10. The standard InChI is InChI=1S/2C26H24F3N5O2.2C23H17F3N4O2/c2*1-14(2)36-25(35)32-18-8-9-19-20-13-30-22(10-15-6-7-15)34-23(20)24(33-21(19)12-18)31-17-5-3-4-16(11-17)26(27,28)29;2*24-23(25,26)14-2-1-3-15(10-14)28-21-20-17(11-27-19(30-20)8-12-4-5-12)16-7-6-13(22(31)32)9-18(16)29-21/h2*3-5,8-9,11-15H,6-7,10H2,1-2H3,(H,31,33)(H,32,35);2*1-3,6-7,9-12H,4-5,8H2,(H,28,29)(H,31,32). The van der Waals surface area contributed by atoms with Gasteiger partial charge in [-0.05, 0) is 224 Å². The molecule has 8 aromatic carbocycles. The summed E-state index contributed by atoms with van der Waals surface area (Å²) >= 11 is 0. The first kappa shape index (κ1) is 92.5. The minimum absolute atomic E-state index is 0.0561. The molecule has 0 atom stereocenters. The number of benzene rings is 8. The molecule has 8 N–H and O–H groups in total. The van der Waals surface area contributed by atoms with Gasteiger partial charge in [-0.1, -0.05) is 48.5 Å². The van der Waals surface area contributed by atoms with E-state index in [1.54, 1.807) is 113 Å². The van der Waals surface area contributed by atoms with Crippen LogP contribution < -0.4 is 31.9 Å². The number of fused-ring (bicyclic) bond motifs is 12. The molecular formula is C98H82F12N18O8. The number of carboxylic acid groups (broad SMARTS) is 2. The van der Waals surface area contributed by atoms with Gasteiger partial charge in [-0.25, -0.2) is 79.0 Å². The van der Waals surface area contributed by atoms with E-state index in [0.717, 1.165) is 136 Å². The number of hydrogen-bond acceptors (Lipinski definition) is 22. The van der Waals surface area contributed by atoms with Gasteiger partial charge in [0.1, 0.15) is 45.4 Å². The number of carbonyl (C=O) groups excluding carboxylic acids is 2. The van der Waals surface area contributed by atoms with E-state index >= 15 is 0 Å². The molecule has 2 amide bonds. The minimum atomic E-state index is -4.48. The van der Waals surface area contributed by atoms with E-state index in [4.69, 9.17) is 19.4 Å². The summed E-state index contributed by atoms with van der Waals surface area (Å²) in [5.41, 5.74) is 2.58. The molecule has 0 spiro atoms. The van der Waals surface area contributed by atoms with Crippen molar-refractivity contribution < 1.29 is 91.5 Å². The van der Waals surface area contributed by atoms with Crippen LogP contribution in [0.5, 0.6) is 0 Å². The van der Waals surface area contributed by atoms with E-state index in [9.17, 15) is 82.1 Å². The van der Waals surface area contributed by atoms with Gasteiger partial charge in [0.25, 0.3) is 0 Å². The van der Waals surface area contributed by atoms with Crippen molar-refractivity contribution in [1.82, 2.24) is 59.8 Å². The number of aromatic nitrogens is 12. The van der Waals surface area contributed by atoms with Gasteiger partial charge in [-0.3, -0.25) is 10.6 Å². The SMILES string of the molecule is CC(C)OC(=O)Nc1ccc2c(c1)nc(Nc1cccc(C(F)(F)F)c1)c1nc(CC3CC3)ncc12.CC(C)OC(=O)Nc1ccc2c(c1)nc(Nc1cccc(C(F)(F)F)c1)c1nc(CC3CC3)ncc12.O=C(O)c1ccc2c(c1)nc(Nc1cccc(C(F)(F)F)c1)c1nc(CC3CC3)ncc12.O=C(O)c1ccc2c(c1)nc(Nc1cccc(C(F)(F)F)c1)c1nc(CC3CC3)ncc12. The lowest BCUT2D eigenvalue weighted by Gasteiger charge is -2.14. The van der Waals surface area contributed by atoms with Crippen LogP contribution in [0.1, 0.15) is 145 Å². The van der Waals surface area contributed by atoms with Crippen molar-refractivity contribution in [1.29, 1.82) is 0 Å². The van der Waals surface area contributed by atoms with Crippen LogP contribution in [0.4, 0.5) is 120 Å². The summed E-state index contributed by atoms with van der Waals surface area (Å²) in [7, 11) is 0. The van der Waals surface area contributed by atoms with Crippen molar-refractivity contribution in [2.24, 2.45) is 23.7 Å². The van der Waals surface area contributed by atoms with Crippen molar-refractivity contribution in [2.45, 2.75) is 142 Å². The molecule has 4 fully saturated rings. The second-order valence-electron chi connectivity index (χ2n) is 34.1. The number of amides is 2. The topological polar surface area (TPSA) is 354 Å². The van der Waals surface area contributed by atoms with Crippen LogP contribution in [0.2, 0.25) is 0 Å². The van der Waals surface area contributed by atoms with Crippen LogP contribution in [0.15, 0.2) is 195 Å². The fourth-order valence-electron chi connectivity index (χ4n) is 15.1. The summed E-state index contributed by atoms with van der Waals surface area (Å²) < 4.78 is 169. The maximum Gasteiger partial charge on any atom is 0.416 e. The third-order valence-electron chi connectivity index (χ3n) is 22.5. The Hall–Kier alpha value is -15.4. The second-order valence-corrected chi connectivity index (χ2v) is 34.1. The average molecular weight is 1870 g/mol. The predicted molar refractivity (Wildman–Crippen MR) is 488 cm³/mol. The molecule has 20 rings (SSSR count). The van der Waals surface area contributed by atoms with Crippen molar-refractivity contribution in [3.05, 3.63) is 251 Å². The highest BCUT2D eigenvalue weighted by molar-refractivity contribution is 6.14. The van der Waals surface area contributed by atoms with Gasteiger partial charge < -0.3 is 41.0 Å². The van der Waals surface area contributed by atoms with Crippen molar-refractivity contribution in [3.8, 4) is 0 Å². The molecule has 4 aliphatic rings. The first-order valence-corrected chi connectivity index (χ1v) is 43.4. The van der Waals surface area contributed by atoms with E-state index < -0.39 is 71.1 Å². The van der Waals surface area contributed by atoms with Gasteiger partial charge in [-0.15, -0.1) is 0 Å². The number of nitrogens with one attached hydrogen (secondary N) is 6. The molecule has 8 aromatic heterocycles. The number of rotatable bonds is 22. The molecule has 4 saturated carbocycles. The largest absolute Gasteiger partial charge is 0.478 e. The number of halogens is 12. The summed E-state index contributed by atoms with van der Waals surface area (Å²) in [6.45, 7) is 6.99. The number of carbonyl (C=O) groups is 4. The van der Waals surface area contributed by atoms with Gasteiger partial charge >= 0.3 is 48.8 Å². The summed E-state index contributed by atoms with van der Waals surface area (Å²) in [6, 6.07) is 38.9. The molecule has 0 aliphatic heterocycles. The van der Waals surface area contributed by atoms with Gasteiger partial charge in [0.05, 0.1) is 67.7 Å². The molecule has 0 radical (unpaired) electrons. The molecule has 4 aliphatic carbocycles. The summed E-state index contributed by atoms with van der Waals surface area (Å²) in [5, 5.41) is 41.4. The molecule has 0 unspecified atom stereocenters. The van der Waals surface area contributed by atoms with Crippen LogP contribution in [0.3, 0.4) is 0 Å². The molecule has 8 heterocycles. The molecule has 696 valence electrons. The van der Waals surface area contributed by atoms with E-state index in [0.29, 0.717) is 146 Å². The van der Waals surface area contributed by atoms with Crippen molar-refractivity contribution in [3.63, 3.8) is 0 Å². The van der Waals surface area contributed by atoms with Crippen LogP contribution in [0.25, 0.3) is 87.2 Å². The van der Waals surface area contributed by atoms with Crippen LogP contribution in [-0.2, 0) is 59.9 Å². The van der Waals surface area contributed by atoms with Crippen molar-refractivity contribution >= 4 is 169 Å². The number of ether oxygens (including phenoxy) is 2. The number of pyridine rings is 4. The predicted octanol–water partition coefficient (Wildman–Crippen LogP) is 24.9. The zero-order valence-electron chi connectivity index (χ0n) is 72.7. The Labute approximate surface area is 765 Å². The van der Waals surface area contributed by atoms with Gasteiger partial charge in [0.2, 0.25) is 0 Å².